The minimum Gasteiger partial charge on any atom is -0.477 e. The molecule has 2 unspecified atom stereocenters. The van der Waals surface area contributed by atoms with Crippen molar-refractivity contribution in [2.24, 2.45) is 0 Å². The molecule has 0 aliphatic rings. The maximum atomic E-state index is 12.8. The zero-order chi connectivity index (χ0) is 49.2. The highest BCUT2D eigenvalue weighted by Crippen LogP contribution is 2.14. The second kappa shape index (κ2) is 48.7. The summed E-state index contributed by atoms with van der Waals surface area (Å²) >= 11 is 0. The van der Waals surface area contributed by atoms with Crippen LogP contribution in [-0.4, -0.2) is 87.4 Å². The Morgan fingerprint density at radius 2 is 0.866 bits per heavy atom. The Balaban J connectivity index is 4.38. The van der Waals surface area contributed by atoms with Crippen LogP contribution in [-0.2, 0) is 33.3 Å². The number of allylic oxidation sites excluding steroid dienone is 16. The number of carboxylic acid groups (broad SMARTS) is 1. The molecule has 1 N–H and O–H groups in total. The van der Waals surface area contributed by atoms with Gasteiger partial charge in [-0.3, -0.25) is 9.59 Å². The van der Waals surface area contributed by atoms with Crippen LogP contribution in [0, 0.1) is 0 Å². The van der Waals surface area contributed by atoms with Crippen LogP contribution in [0.5, 0.6) is 0 Å². The minimum absolute atomic E-state index is 0.171. The highest BCUT2D eigenvalue weighted by molar-refractivity contribution is 5.71. The number of aliphatic carboxylic acids is 1. The van der Waals surface area contributed by atoms with Crippen LogP contribution in [0.1, 0.15) is 194 Å². The second-order valence-electron chi connectivity index (χ2n) is 18.4. The number of unbranched alkanes of at least 4 members (excludes halogenated alkanes) is 16. The van der Waals surface area contributed by atoms with Gasteiger partial charge in [0.25, 0.3) is 6.29 Å². The van der Waals surface area contributed by atoms with E-state index in [2.05, 4.69) is 111 Å². The fraction of sp³-hybridized carbons (Fsp3) is 0.672. The summed E-state index contributed by atoms with van der Waals surface area (Å²) in [7, 11) is 5.93. The molecule has 0 amide bonds. The van der Waals surface area contributed by atoms with Crippen molar-refractivity contribution in [3.8, 4) is 0 Å². The number of rotatable bonds is 47. The monoisotopic (exact) mass is 937 g/mol. The normalized spacial score (nSPS) is 13.6. The summed E-state index contributed by atoms with van der Waals surface area (Å²) in [6.07, 6.45) is 62.0. The summed E-state index contributed by atoms with van der Waals surface area (Å²) in [5.41, 5.74) is 0. The molecule has 0 saturated heterocycles. The summed E-state index contributed by atoms with van der Waals surface area (Å²) in [6, 6.07) is 0. The molecule has 9 nitrogen and oxygen atoms in total. The van der Waals surface area contributed by atoms with Gasteiger partial charge in [0.2, 0.25) is 0 Å². The van der Waals surface area contributed by atoms with Gasteiger partial charge in [-0.25, -0.2) is 4.79 Å². The van der Waals surface area contributed by atoms with Gasteiger partial charge in [-0.05, 0) is 89.9 Å². The van der Waals surface area contributed by atoms with Gasteiger partial charge in [-0.1, -0.05) is 188 Å². The number of carbonyl (C=O) groups is 3. The van der Waals surface area contributed by atoms with E-state index in [1.807, 2.05) is 21.1 Å². The SMILES string of the molecule is CC/C=C\C/C=C\C/C=C\C/C=C\C/C=C\CCCC(=O)OC(COC(=O)CCCCCCCCCCCC/C=C\C/C=C\C/C=C\CCCCCCC)COC(OCC[N+](C)(C)C)C(=O)O. The minimum atomic E-state index is -1.53. The molecule has 0 bridgehead atoms. The van der Waals surface area contributed by atoms with Crippen molar-refractivity contribution in [3.05, 3.63) is 97.2 Å². The largest absolute Gasteiger partial charge is 0.477 e. The lowest BCUT2D eigenvalue weighted by Gasteiger charge is -2.25. The molecule has 0 saturated carbocycles. The molecule has 0 fully saturated rings. The number of quaternary nitrogens is 1. The van der Waals surface area contributed by atoms with E-state index in [0.29, 0.717) is 17.4 Å². The summed E-state index contributed by atoms with van der Waals surface area (Å²) in [4.78, 5) is 37.3. The molecule has 0 spiro atoms. The Morgan fingerprint density at radius 1 is 0.463 bits per heavy atom. The molecule has 0 heterocycles. The van der Waals surface area contributed by atoms with Crippen molar-refractivity contribution >= 4 is 17.9 Å². The number of hydrogen-bond donors (Lipinski definition) is 1. The lowest BCUT2D eigenvalue weighted by atomic mass is 10.1. The van der Waals surface area contributed by atoms with E-state index < -0.39 is 24.3 Å². The van der Waals surface area contributed by atoms with Crippen molar-refractivity contribution in [2.45, 2.75) is 206 Å². The Bertz CT molecular complexity index is 1420. The van der Waals surface area contributed by atoms with Crippen LogP contribution in [0.4, 0.5) is 0 Å². The summed E-state index contributed by atoms with van der Waals surface area (Å²) < 4.78 is 22.7. The fourth-order valence-electron chi connectivity index (χ4n) is 6.76. The first kappa shape index (κ1) is 63.2. The van der Waals surface area contributed by atoms with Crippen molar-refractivity contribution in [1.82, 2.24) is 0 Å². The van der Waals surface area contributed by atoms with E-state index in [-0.39, 0.29) is 38.6 Å². The van der Waals surface area contributed by atoms with E-state index in [9.17, 15) is 19.5 Å². The second-order valence-corrected chi connectivity index (χ2v) is 18.4. The molecule has 0 rings (SSSR count). The third kappa shape index (κ3) is 49.9. The number of nitrogens with zero attached hydrogens (tertiary/aromatic N) is 1. The van der Waals surface area contributed by atoms with Crippen molar-refractivity contribution < 1.29 is 42.9 Å². The van der Waals surface area contributed by atoms with Crippen LogP contribution in [0.2, 0.25) is 0 Å². The average molecular weight is 937 g/mol. The van der Waals surface area contributed by atoms with E-state index in [4.69, 9.17) is 18.9 Å². The average Bonchev–Trinajstić information content (AvgIpc) is 3.29. The van der Waals surface area contributed by atoms with Gasteiger partial charge in [0.1, 0.15) is 13.2 Å². The Labute approximate surface area is 410 Å². The molecule has 382 valence electrons. The molecule has 0 aliphatic heterocycles. The highest BCUT2D eigenvalue weighted by Gasteiger charge is 2.25. The molecule has 0 aromatic carbocycles. The lowest BCUT2D eigenvalue weighted by molar-refractivity contribution is -0.870. The Kier molecular flexibility index (Phi) is 45.9. The number of carbonyl (C=O) groups excluding carboxylic acids is 2. The zero-order valence-electron chi connectivity index (χ0n) is 43.3. The molecule has 67 heavy (non-hydrogen) atoms. The maximum absolute atomic E-state index is 12.8. The van der Waals surface area contributed by atoms with Crippen molar-refractivity contribution in [1.29, 1.82) is 0 Å². The van der Waals surface area contributed by atoms with Gasteiger partial charge in [0.05, 0.1) is 34.4 Å². The summed E-state index contributed by atoms with van der Waals surface area (Å²) in [6.45, 7) is 4.66. The summed E-state index contributed by atoms with van der Waals surface area (Å²) in [5.74, 6) is -2.10. The highest BCUT2D eigenvalue weighted by atomic mass is 16.7. The van der Waals surface area contributed by atoms with Gasteiger partial charge < -0.3 is 28.5 Å². The first-order chi connectivity index (χ1) is 32.6. The van der Waals surface area contributed by atoms with Crippen LogP contribution in [0.15, 0.2) is 97.2 Å². The third-order valence-electron chi connectivity index (χ3n) is 10.8. The molecule has 0 aliphatic carbocycles. The first-order valence-corrected chi connectivity index (χ1v) is 26.4. The molecule has 0 radical (unpaired) electrons. The fourth-order valence-corrected chi connectivity index (χ4v) is 6.76. The molecule has 2 atom stereocenters. The summed E-state index contributed by atoms with van der Waals surface area (Å²) in [5, 5.41) is 9.67. The topological polar surface area (TPSA) is 108 Å². The van der Waals surface area contributed by atoms with E-state index in [0.717, 1.165) is 83.5 Å². The van der Waals surface area contributed by atoms with Gasteiger partial charge in [-0.2, -0.15) is 0 Å². The third-order valence-corrected chi connectivity index (χ3v) is 10.8. The number of ether oxygens (including phenoxy) is 4. The predicted octanol–water partition coefficient (Wildman–Crippen LogP) is 15.0. The first-order valence-electron chi connectivity index (χ1n) is 26.4. The van der Waals surface area contributed by atoms with Crippen LogP contribution < -0.4 is 0 Å². The standard InChI is InChI=1S/C58H97NO8/c1-6-8-10-12-14-16-18-20-22-24-25-26-27-28-29-30-31-33-34-36-38-40-42-44-46-48-55(60)65-52-54(53-66-58(57(62)63)64-51-50-59(3,4)5)67-56(61)49-47-45-43-41-39-37-35-32-23-21-19-17-15-13-11-9-7-2/h9,11,15,17-18,20-21,23-25,27-28,35,37,41,43,54,58H,6-8,10,12-14,16,19,22,26,29-34,36,38-40,42,44-53H2,1-5H3/p+1/b11-9-,17-15-,20-18-,23-21-,25-24-,28-27-,37-35-,43-41-. The number of likely N-dealkylation sites (N-methyl/N-ethyl adjacent to an activating group) is 1. The molecule has 9 heteroatoms. The van der Waals surface area contributed by atoms with E-state index >= 15 is 0 Å². The zero-order valence-corrected chi connectivity index (χ0v) is 43.3. The van der Waals surface area contributed by atoms with Gasteiger partial charge in [0, 0.05) is 12.8 Å². The van der Waals surface area contributed by atoms with Gasteiger partial charge in [0.15, 0.2) is 6.10 Å². The molecular formula is C58H98NO8+. The number of carboxylic acids is 1. The maximum Gasteiger partial charge on any atom is 0.361 e. The molecular weight excluding hydrogens is 839 g/mol. The lowest BCUT2D eigenvalue weighted by Crippen LogP contribution is -2.40. The Morgan fingerprint density at radius 3 is 1.31 bits per heavy atom. The molecule has 0 aromatic heterocycles. The molecule has 0 aromatic rings. The van der Waals surface area contributed by atoms with Crippen LogP contribution in [0.25, 0.3) is 0 Å². The van der Waals surface area contributed by atoms with E-state index in [1.165, 1.54) is 77.0 Å². The Hall–Kier alpha value is -3.79. The van der Waals surface area contributed by atoms with Gasteiger partial charge in [-0.15, -0.1) is 0 Å². The van der Waals surface area contributed by atoms with E-state index in [1.54, 1.807) is 0 Å². The van der Waals surface area contributed by atoms with Crippen molar-refractivity contribution in [2.75, 3.05) is 47.5 Å². The smallest absolute Gasteiger partial charge is 0.361 e. The van der Waals surface area contributed by atoms with Gasteiger partial charge >= 0.3 is 17.9 Å². The van der Waals surface area contributed by atoms with Crippen molar-refractivity contribution in [3.63, 3.8) is 0 Å². The quantitative estimate of drug-likeness (QED) is 0.0211. The number of hydrogen-bond acceptors (Lipinski definition) is 7. The predicted molar refractivity (Wildman–Crippen MR) is 281 cm³/mol. The number of esters is 2. The van der Waals surface area contributed by atoms with Crippen LogP contribution in [0.3, 0.4) is 0 Å². The van der Waals surface area contributed by atoms with Crippen LogP contribution >= 0.6 is 0 Å².